The number of nitrogens with zero attached hydrogens (tertiary/aromatic N) is 9. The Labute approximate surface area is 535 Å². The molecule has 3 aromatic heterocycles. The summed E-state index contributed by atoms with van der Waals surface area (Å²) in [6, 6.07) is 35.8. The number of esters is 1. The Bertz CT molecular complexity index is 3870. The molecule has 5 heterocycles. The third-order valence-corrected chi connectivity index (χ3v) is 18.9. The average molecular weight is 1280 g/mol. The standard InChI is InChI=1S/C68H81F3N12O8S/c1-79(2)60-16-8-15-56-55(60)14-9-17-61(56)92(86,87)78-51-13-7-12-50(42-51)57-43-74-67(76-63(57)82-30-26-54(62(82)65(85)88-3)48-10-5-4-6-11-48)73-29-36-89-38-40-91-41-39-90-37-35-80-31-33-81(34-32-80)45-47-18-20-49(21-19-47)59-46-83(52-22-24-53(84)25-23-52)64-58(59)44-75-66(77-64)72-28-27-68(69,70)71/h4-21,42-44,46,52-54,62,78,84H,22-41,45H2,1-3H3,(H,72,75,77)(H,73,74,76). The molecule has 3 aliphatic rings. The first-order chi connectivity index (χ1) is 44.6. The van der Waals surface area contributed by atoms with Gasteiger partial charge in [-0.25, -0.2) is 23.2 Å². The number of anilines is 5. The largest absolute Gasteiger partial charge is 0.467 e. The predicted octanol–water partition coefficient (Wildman–Crippen LogP) is 10.2. The van der Waals surface area contributed by atoms with Crippen LogP contribution < -0.4 is 25.2 Å². The number of fused-ring (bicyclic) bond motifs is 2. The summed E-state index contributed by atoms with van der Waals surface area (Å²) < 4.78 is 95.0. The number of carbonyl (C=O) groups is 1. The molecule has 92 heavy (non-hydrogen) atoms. The molecule has 4 N–H and O–H groups in total. The number of aromatic nitrogens is 5. The minimum atomic E-state index is -4.28. The van der Waals surface area contributed by atoms with Gasteiger partial charge in [0.2, 0.25) is 11.9 Å². The minimum Gasteiger partial charge on any atom is -0.467 e. The summed E-state index contributed by atoms with van der Waals surface area (Å²) in [4.78, 5) is 41.5. The van der Waals surface area contributed by atoms with Crippen molar-refractivity contribution in [2.24, 2.45) is 0 Å². The monoisotopic (exact) mass is 1280 g/mol. The topological polar surface area (TPSA) is 214 Å². The van der Waals surface area contributed by atoms with E-state index in [-0.39, 0.29) is 35.5 Å². The van der Waals surface area contributed by atoms with Gasteiger partial charge < -0.3 is 49.1 Å². The highest BCUT2D eigenvalue weighted by Crippen LogP contribution is 2.42. The molecule has 2 saturated heterocycles. The summed E-state index contributed by atoms with van der Waals surface area (Å²) in [5.41, 5.74) is 7.35. The molecule has 1 aliphatic carbocycles. The van der Waals surface area contributed by atoms with Crippen LogP contribution in [0.25, 0.3) is 44.1 Å². The molecule has 3 fully saturated rings. The Hall–Kier alpha value is -7.97. The number of ether oxygens (including phenoxy) is 4. The molecule has 1 saturated carbocycles. The summed E-state index contributed by atoms with van der Waals surface area (Å²) >= 11 is 0. The van der Waals surface area contributed by atoms with Crippen LogP contribution in [0.3, 0.4) is 0 Å². The molecule has 5 aromatic carbocycles. The van der Waals surface area contributed by atoms with Crippen LogP contribution in [-0.2, 0) is 40.3 Å². The molecule has 0 radical (unpaired) electrons. The number of carbonyl (C=O) groups excluding carboxylic acids is 1. The van der Waals surface area contributed by atoms with Gasteiger partial charge in [0, 0.05) is 142 Å². The van der Waals surface area contributed by atoms with E-state index in [9.17, 15) is 31.5 Å². The third kappa shape index (κ3) is 16.3. The molecule has 488 valence electrons. The van der Waals surface area contributed by atoms with Gasteiger partial charge in [0.25, 0.3) is 10.0 Å². The molecule has 2 atom stereocenters. The van der Waals surface area contributed by atoms with Gasteiger partial charge in [0.15, 0.2) is 0 Å². The van der Waals surface area contributed by atoms with Crippen molar-refractivity contribution < 1.29 is 50.4 Å². The fourth-order valence-electron chi connectivity index (χ4n) is 12.7. The Balaban J connectivity index is 0.620. The van der Waals surface area contributed by atoms with Crippen molar-refractivity contribution in [1.29, 1.82) is 0 Å². The van der Waals surface area contributed by atoms with Crippen molar-refractivity contribution >= 4 is 66.9 Å². The fourth-order valence-corrected chi connectivity index (χ4v) is 14.0. The van der Waals surface area contributed by atoms with E-state index < -0.39 is 34.6 Å². The van der Waals surface area contributed by atoms with Crippen LogP contribution in [0.1, 0.15) is 61.6 Å². The summed E-state index contributed by atoms with van der Waals surface area (Å²) in [6.45, 7) is 8.61. The molecule has 0 amide bonds. The highest BCUT2D eigenvalue weighted by molar-refractivity contribution is 7.93. The number of halogens is 3. The van der Waals surface area contributed by atoms with Crippen molar-refractivity contribution in [2.45, 2.75) is 80.2 Å². The lowest BCUT2D eigenvalue weighted by Crippen LogP contribution is -2.46. The summed E-state index contributed by atoms with van der Waals surface area (Å²) in [5, 5.41) is 18.5. The van der Waals surface area contributed by atoms with Crippen molar-refractivity contribution in [3.05, 3.63) is 145 Å². The summed E-state index contributed by atoms with van der Waals surface area (Å²) in [6.07, 6.45) is 3.48. The molecular formula is C68H81F3N12O8S. The van der Waals surface area contributed by atoms with E-state index >= 15 is 0 Å². The lowest BCUT2D eigenvalue weighted by Gasteiger charge is -2.34. The van der Waals surface area contributed by atoms with Gasteiger partial charge in [-0.2, -0.15) is 23.1 Å². The van der Waals surface area contributed by atoms with E-state index in [0.29, 0.717) is 112 Å². The van der Waals surface area contributed by atoms with Gasteiger partial charge in [-0.1, -0.05) is 91.0 Å². The molecular weight excluding hydrogens is 1200 g/mol. The molecule has 11 rings (SSSR count). The molecule has 2 aliphatic heterocycles. The van der Waals surface area contributed by atoms with Crippen LogP contribution >= 0.6 is 0 Å². The van der Waals surface area contributed by atoms with E-state index in [4.69, 9.17) is 33.9 Å². The Morgan fingerprint density at radius 3 is 2.10 bits per heavy atom. The van der Waals surface area contributed by atoms with E-state index in [2.05, 4.69) is 65.2 Å². The number of hydrogen-bond donors (Lipinski definition) is 4. The quantitative estimate of drug-likeness (QED) is 0.0265. The van der Waals surface area contributed by atoms with Crippen LogP contribution in [-0.4, -0.2) is 185 Å². The number of sulfonamides is 1. The molecule has 8 aromatic rings. The van der Waals surface area contributed by atoms with Crippen LogP contribution in [0.15, 0.2) is 139 Å². The predicted molar refractivity (Wildman–Crippen MR) is 352 cm³/mol. The lowest BCUT2D eigenvalue weighted by molar-refractivity contribution is -0.142. The first-order valence-corrected chi connectivity index (χ1v) is 33.0. The normalized spacial score (nSPS) is 18.4. The van der Waals surface area contributed by atoms with E-state index in [1.54, 1.807) is 42.7 Å². The van der Waals surface area contributed by atoms with Crippen molar-refractivity contribution in [3.8, 4) is 22.3 Å². The molecule has 20 nitrogen and oxygen atoms in total. The maximum absolute atomic E-state index is 14.2. The van der Waals surface area contributed by atoms with Gasteiger partial charge in [0.1, 0.15) is 17.5 Å². The number of alkyl halides is 3. The molecule has 0 spiro atoms. The van der Waals surface area contributed by atoms with Crippen LogP contribution in [0, 0.1) is 0 Å². The van der Waals surface area contributed by atoms with E-state index in [1.807, 2.05) is 84.6 Å². The third-order valence-electron chi connectivity index (χ3n) is 17.4. The van der Waals surface area contributed by atoms with Crippen LogP contribution in [0.5, 0.6) is 0 Å². The van der Waals surface area contributed by atoms with Crippen molar-refractivity contribution in [2.75, 3.05) is 138 Å². The number of aliphatic hydroxyl groups excluding tert-OH is 1. The van der Waals surface area contributed by atoms with Gasteiger partial charge in [-0.15, -0.1) is 0 Å². The van der Waals surface area contributed by atoms with Gasteiger partial charge >= 0.3 is 12.1 Å². The molecule has 0 bridgehead atoms. The number of hydrogen-bond acceptors (Lipinski definition) is 18. The smallest absolute Gasteiger partial charge is 0.390 e. The highest BCUT2D eigenvalue weighted by atomic mass is 32.2. The van der Waals surface area contributed by atoms with E-state index in [0.717, 1.165) is 85.3 Å². The number of nitrogens with one attached hydrogen (secondary N) is 3. The summed E-state index contributed by atoms with van der Waals surface area (Å²) in [7, 11) is 1.18. The first-order valence-electron chi connectivity index (χ1n) is 31.6. The fraction of sp³-hybridized carbons (Fsp3) is 0.426. The van der Waals surface area contributed by atoms with Gasteiger partial charge in [0.05, 0.1) is 64.2 Å². The minimum absolute atomic E-state index is 0.115. The lowest BCUT2D eigenvalue weighted by atomic mass is 9.91. The number of methoxy groups -OCH3 is 1. The first kappa shape index (κ1) is 65.5. The Kier molecular flexibility index (Phi) is 21.5. The molecule has 24 heteroatoms. The summed E-state index contributed by atoms with van der Waals surface area (Å²) in [5.74, 6) is 0.417. The number of benzene rings is 5. The van der Waals surface area contributed by atoms with Gasteiger partial charge in [-0.3, -0.25) is 14.5 Å². The molecule has 2 unspecified atom stereocenters. The van der Waals surface area contributed by atoms with Crippen molar-refractivity contribution in [3.63, 3.8) is 0 Å². The second kappa shape index (κ2) is 30.2. The maximum atomic E-state index is 14.2. The van der Waals surface area contributed by atoms with Crippen molar-refractivity contribution in [1.82, 2.24) is 34.3 Å². The zero-order valence-electron chi connectivity index (χ0n) is 52.2. The van der Waals surface area contributed by atoms with Gasteiger partial charge in [-0.05, 0) is 78.6 Å². The number of aliphatic hydroxyl groups is 1. The Morgan fingerprint density at radius 2 is 1.36 bits per heavy atom. The van der Waals surface area contributed by atoms with Crippen LogP contribution in [0.4, 0.5) is 42.3 Å². The SMILES string of the molecule is COC(=O)C1C(c2ccccc2)CCN1c1nc(NCCOCCOCCOCCN2CCN(Cc3ccc(-c4cn(C5CCC(O)CC5)c5nc(NCCC(F)(F)F)ncc45)cc3)CC2)ncc1-c1cccc(NS(=O)(=O)c2cccc3c(N(C)C)cccc23)c1. The highest BCUT2D eigenvalue weighted by Gasteiger charge is 2.43. The number of piperazine rings is 1. The van der Waals surface area contributed by atoms with E-state index in [1.165, 1.54) is 12.7 Å². The second-order valence-corrected chi connectivity index (χ2v) is 25.5. The zero-order chi connectivity index (χ0) is 64.2. The second-order valence-electron chi connectivity index (χ2n) is 23.8. The van der Waals surface area contributed by atoms with Crippen LogP contribution in [0.2, 0.25) is 0 Å². The average Bonchev–Trinajstić information content (AvgIpc) is 1.49. The maximum Gasteiger partial charge on any atom is 0.390 e. The number of rotatable bonds is 28. The Morgan fingerprint density at radius 1 is 0.685 bits per heavy atom. The zero-order valence-corrected chi connectivity index (χ0v) is 53.0.